The first-order valence-corrected chi connectivity index (χ1v) is 8.62. The van der Waals surface area contributed by atoms with Gasteiger partial charge < -0.3 is 15.1 Å². The summed E-state index contributed by atoms with van der Waals surface area (Å²) < 4.78 is 4.34. The lowest BCUT2D eigenvalue weighted by atomic mass is 9.96. The van der Waals surface area contributed by atoms with Crippen LogP contribution in [0.3, 0.4) is 0 Å². The third-order valence-electron chi connectivity index (χ3n) is 4.32. The lowest BCUT2D eigenvalue weighted by Gasteiger charge is -2.36. The van der Waals surface area contributed by atoms with E-state index in [9.17, 15) is 4.79 Å². The lowest BCUT2D eigenvalue weighted by Crippen LogP contribution is -2.51. The van der Waals surface area contributed by atoms with Gasteiger partial charge in [-0.2, -0.15) is 4.37 Å². The Hall–Kier alpha value is -1.21. The molecule has 0 unspecified atom stereocenters. The normalized spacial score (nSPS) is 20.8. The van der Waals surface area contributed by atoms with E-state index in [1.54, 1.807) is 0 Å². The number of piperidine rings is 1. The topological polar surface area (TPSA) is 61.4 Å². The third kappa shape index (κ3) is 3.35. The van der Waals surface area contributed by atoms with Crippen LogP contribution in [-0.2, 0) is 11.2 Å². The van der Waals surface area contributed by atoms with Crippen LogP contribution in [0, 0.1) is 5.92 Å². The minimum Gasteiger partial charge on any atom is -0.343 e. The van der Waals surface area contributed by atoms with Gasteiger partial charge in [-0.25, -0.2) is 4.98 Å². The van der Waals surface area contributed by atoms with Gasteiger partial charge in [-0.3, -0.25) is 4.79 Å². The largest absolute Gasteiger partial charge is 0.343 e. The number of anilines is 1. The fourth-order valence-corrected chi connectivity index (χ4v) is 3.76. The van der Waals surface area contributed by atoms with Crippen LogP contribution in [0.25, 0.3) is 0 Å². The molecule has 6 nitrogen and oxygen atoms in total. The highest BCUT2D eigenvalue weighted by atomic mass is 32.1. The molecule has 0 aromatic carbocycles. The first-order chi connectivity index (χ1) is 10.3. The van der Waals surface area contributed by atoms with Gasteiger partial charge in [0, 0.05) is 50.1 Å². The van der Waals surface area contributed by atoms with Crippen LogP contribution in [0.15, 0.2) is 0 Å². The Morgan fingerprint density at radius 1 is 1.29 bits per heavy atom. The maximum atomic E-state index is 12.5. The molecule has 2 saturated heterocycles. The second-order valence-electron chi connectivity index (χ2n) is 5.68. The quantitative estimate of drug-likeness (QED) is 0.893. The van der Waals surface area contributed by atoms with Gasteiger partial charge in [-0.1, -0.05) is 6.92 Å². The molecule has 7 heteroatoms. The number of rotatable bonds is 3. The number of piperazine rings is 1. The summed E-state index contributed by atoms with van der Waals surface area (Å²) in [6.07, 6.45) is 2.84. The Kier molecular flexibility index (Phi) is 4.70. The molecule has 0 aliphatic carbocycles. The standard InChI is InChI=1S/C14H23N5OS/c1-2-12-16-14(21-17-12)19-9-7-18(8-10-19)13(20)11-3-5-15-6-4-11/h11,15H,2-10H2,1H3. The van der Waals surface area contributed by atoms with Crippen molar-refractivity contribution in [1.82, 2.24) is 19.6 Å². The summed E-state index contributed by atoms with van der Waals surface area (Å²) >= 11 is 1.47. The number of amides is 1. The van der Waals surface area contributed by atoms with Crippen LogP contribution in [-0.4, -0.2) is 59.4 Å². The predicted molar refractivity (Wildman–Crippen MR) is 83.7 cm³/mol. The van der Waals surface area contributed by atoms with Crippen LogP contribution in [0.2, 0.25) is 0 Å². The van der Waals surface area contributed by atoms with E-state index < -0.39 is 0 Å². The van der Waals surface area contributed by atoms with Gasteiger partial charge in [0.25, 0.3) is 0 Å². The summed E-state index contributed by atoms with van der Waals surface area (Å²) in [5, 5.41) is 4.32. The molecule has 1 amide bonds. The lowest BCUT2D eigenvalue weighted by molar-refractivity contribution is -0.136. The third-order valence-corrected chi connectivity index (χ3v) is 5.14. The SMILES string of the molecule is CCc1nsc(N2CCN(C(=O)C3CCNCC3)CC2)n1. The van der Waals surface area contributed by atoms with Gasteiger partial charge in [0.05, 0.1) is 0 Å². The molecule has 1 aromatic rings. The van der Waals surface area contributed by atoms with E-state index in [4.69, 9.17) is 0 Å². The average molecular weight is 309 g/mol. The van der Waals surface area contributed by atoms with Gasteiger partial charge in [0.1, 0.15) is 5.82 Å². The molecule has 0 radical (unpaired) electrons. The van der Waals surface area contributed by atoms with Gasteiger partial charge in [0.2, 0.25) is 11.0 Å². The van der Waals surface area contributed by atoms with Crippen molar-refractivity contribution in [3.63, 3.8) is 0 Å². The Morgan fingerprint density at radius 2 is 2.00 bits per heavy atom. The average Bonchev–Trinajstić information content (AvgIpc) is 3.04. The maximum Gasteiger partial charge on any atom is 0.225 e. The van der Waals surface area contributed by atoms with E-state index in [2.05, 4.69) is 26.5 Å². The summed E-state index contributed by atoms with van der Waals surface area (Å²) in [4.78, 5) is 21.3. The second-order valence-corrected chi connectivity index (χ2v) is 6.41. The van der Waals surface area contributed by atoms with E-state index in [0.717, 1.165) is 69.5 Å². The molecule has 3 rings (SSSR count). The molecule has 116 valence electrons. The zero-order valence-corrected chi connectivity index (χ0v) is 13.4. The van der Waals surface area contributed by atoms with Gasteiger partial charge in [-0.05, 0) is 25.9 Å². The summed E-state index contributed by atoms with van der Waals surface area (Å²) in [5.41, 5.74) is 0. The van der Waals surface area contributed by atoms with E-state index in [-0.39, 0.29) is 5.92 Å². The minimum atomic E-state index is 0.228. The highest BCUT2D eigenvalue weighted by molar-refractivity contribution is 7.09. The number of hydrogen-bond donors (Lipinski definition) is 1. The van der Waals surface area contributed by atoms with Crippen molar-refractivity contribution in [3.8, 4) is 0 Å². The fourth-order valence-electron chi connectivity index (χ4n) is 2.96. The molecule has 21 heavy (non-hydrogen) atoms. The van der Waals surface area contributed by atoms with Gasteiger partial charge >= 0.3 is 0 Å². The van der Waals surface area contributed by atoms with E-state index >= 15 is 0 Å². The molecule has 1 aromatic heterocycles. The number of hydrogen-bond acceptors (Lipinski definition) is 6. The Balaban J connectivity index is 1.53. The maximum absolute atomic E-state index is 12.5. The monoisotopic (exact) mass is 309 g/mol. The summed E-state index contributed by atoms with van der Waals surface area (Å²) in [6, 6.07) is 0. The van der Waals surface area contributed by atoms with E-state index in [0.29, 0.717) is 5.91 Å². The molecular weight excluding hydrogens is 286 g/mol. The van der Waals surface area contributed by atoms with Crippen molar-refractivity contribution in [3.05, 3.63) is 5.82 Å². The number of nitrogens with one attached hydrogen (secondary N) is 1. The molecule has 3 heterocycles. The van der Waals surface area contributed by atoms with E-state index in [1.165, 1.54) is 11.5 Å². The number of aromatic nitrogens is 2. The predicted octanol–water partition coefficient (Wildman–Crippen LogP) is 0.749. The number of carbonyl (C=O) groups is 1. The highest BCUT2D eigenvalue weighted by Crippen LogP contribution is 2.21. The van der Waals surface area contributed by atoms with Crippen LogP contribution in [0.5, 0.6) is 0 Å². The summed E-state index contributed by atoms with van der Waals surface area (Å²) in [5.74, 6) is 1.50. The van der Waals surface area contributed by atoms with Crippen molar-refractivity contribution in [2.45, 2.75) is 26.2 Å². The molecule has 0 spiro atoms. The van der Waals surface area contributed by atoms with Crippen molar-refractivity contribution >= 4 is 22.6 Å². The van der Waals surface area contributed by atoms with Gasteiger partial charge in [-0.15, -0.1) is 0 Å². The first-order valence-electron chi connectivity index (χ1n) is 7.85. The number of carbonyl (C=O) groups excluding carboxylic acids is 1. The van der Waals surface area contributed by atoms with Crippen LogP contribution >= 0.6 is 11.5 Å². The highest BCUT2D eigenvalue weighted by Gasteiger charge is 2.29. The van der Waals surface area contributed by atoms with Crippen LogP contribution < -0.4 is 10.2 Å². The van der Waals surface area contributed by atoms with Crippen molar-refractivity contribution in [1.29, 1.82) is 0 Å². The number of nitrogens with zero attached hydrogens (tertiary/aromatic N) is 4. The molecule has 0 saturated carbocycles. The molecule has 0 atom stereocenters. The molecule has 1 N–H and O–H groups in total. The summed E-state index contributed by atoms with van der Waals surface area (Å²) in [7, 11) is 0. The zero-order valence-electron chi connectivity index (χ0n) is 12.5. The fraction of sp³-hybridized carbons (Fsp3) is 0.786. The smallest absolute Gasteiger partial charge is 0.225 e. The van der Waals surface area contributed by atoms with Crippen molar-refractivity contribution < 1.29 is 4.79 Å². The van der Waals surface area contributed by atoms with Crippen molar-refractivity contribution in [2.24, 2.45) is 5.92 Å². The van der Waals surface area contributed by atoms with Crippen LogP contribution in [0.1, 0.15) is 25.6 Å². The first kappa shape index (κ1) is 14.7. The summed E-state index contributed by atoms with van der Waals surface area (Å²) in [6.45, 7) is 7.38. The minimum absolute atomic E-state index is 0.228. The van der Waals surface area contributed by atoms with Gasteiger partial charge in [0.15, 0.2) is 0 Å². The van der Waals surface area contributed by atoms with E-state index in [1.807, 2.05) is 4.90 Å². The molecule has 2 fully saturated rings. The molecule has 2 aliphatic rings. The Labute approximate surface area is 129 Å². The second kappa shape index (κ2) is 6.70. The molecule has 2 aliphatic heterocycles. The molecule has 0 bridgehead atoms. The number of aryl methyl sites for hydroxylation is 1. The van der Waals surface area contributed by atoms with Crippen molar-refractivity contribution in [2.75, 3.05) is 44.2 Å². The zero-order chi connectivity index (χ0) is 14.7. The Morgan fingerprint density at radius 3 is 2.62 bits per heavy atom. The Bertz CT molecular complexity index is 477. The van der Waals surface area contributed by atoms with Crippen LogP contribution in [0.4, 0.5) is 5.13 Å². The molecular formula is C14H23N5OS.